The van der Waals surface area contributed by atoms with Gasteiger partial charge in [-0.1, -0.05) is 16.8 Å². The summed E-state index contributed by atoms with van der Waals surface area (Å²) in [6, 6.07) is 1.89. The number of nitrogens with one attached hydrogen (secondary N) is 1. The molecule has 136 valence electrons. The number of nitrogens with zero attached hydrogens (tertiary/aromatic N) is 4. The Morgan fingerprint density at radius 2 is 2.19 bits per heavy atom. The molecule has 1 fully saturated rings. The van der Waals surface area contributed by atoms with Crippen molar-refractivity contribution >= 4 is 28.6 Å². The van der Waals surface area contributed by atoms with Gasteiger partial charge in [-0.25, -0.2) is 4.98 Å². The zero-order valence-electron chi connectivity index (χ0n) is 14.8. The molecule has 0 spiro atoms. The number of fused-ring (bicyclic) bond motifs is 1. The molecule has 1 N–H and O–H groups in total. The smallest absolute Gasteiger partial charge is 0.259 e. The zero-order valence-corrected chi connectivity index (χ0v) is 15.5. The SMILES string of the molecule is Cc1nn(CCCNC(=O)c2cc(C3CC3)nc3onc(C)c23)cc1Cl. The van der Waals surface area contributed by atoms with Crippen LogP contribution in [0, 0.1) is 13.8 Å². The van der Waals surface area contributed by atoms with Crippen molar-refractivity contribution in [1.82, 2.24) is 25.2 Å². The fourth-order valence-corrected chi connectivity index (χ4v) is 3.18. The topological polar surface area (TPSA) is 85.8 Å². The molecule has 4 rings (SSSR count). The van der Waals surface area contributed by atoms with Crippen molar-refractivity contribution in [1.29, 1.82) is 0 Å². The second-order valence-corrected chi connectivity index (χ2v) is 7.16. The standard InChI is InChI=1S/C18H20ClN5O2/c1-10-14(19)9-24(22-10)7-3-6-20-17(25)13-8-15(12-4-5-12)21-18-16(13)11(2)23-26-18/h8-9,12H,3-7H2,1-2H3,(H,20,25). The Labute approximate surface area is 155 Å². The van der Waals surface area contributed by atoms with Gasteiger partial charge in [-0.05, 0) is 39.2 Å². The van der Waals surface area contributed by atoms with Crippen molar-refractivity contribution in [3.8, 4) is 0 Å². The van der Waals surface area contributed by atoms with Crippen LogP contribution < -0.4 is 5.32 Å². The van der Waals surface area contributed by atoms with Crippen LogP contribution in [0.4, 0.5) is 0 Å². The molecular weight excluding hydrogens is 354 g/mol. The van der Waals surface area contributed by atoms with Crippen LogP contribution in [0.5, 0.6) is 0 Å². The molecule has 0 saturated heterocycles. The minimum absolute atomic E-state index is 0.125. The molecule has 26 heavy (non-hydrogen) atoms. The van der Waals surface area contributed by atoms with Crippen LogP contribution in [0.2, 0.25) is 5.02 Å². The largest absolute Gasteiger partial charge is 0.352 e. The Bertz CT molecular complexity index is 954. The highest BCUT2D eigenvalue weighted by Gasteiger charge is 2.28. The minimum Gasteiger partial charge on any atom is -0.352 e. The number of amides is 1. The van der Waals surface area contributed by atoms with E-state index in [0.717, 1.165) is 30.7 Å². The molecule has 1 aliphatic rings. The van der Waals surface area contributed by atoms with Crippen molar-refractivity contribution in [2.24, 2.45) is 0 Å². The molecule has 1 amide bonds. The Morgan fingerprint density at radius 3 is 2.88 bits per heavy atom. The van der Waals surface area contributed by atoms with Gasteiger partial charge in [0.2, 0.25) is 0 Å². The third-order valence-electron chi connectivity index (χ3n) is 4.61. The predicted molar refractivity (Wildman–Crippen MR) is 97.4 cm³/mol. The summed E-state index contributed by atoms with van der Waals surface area (Å²) in [5.74, 6) is 0.310. The van der Waals surface area contributed by atoms with Gasteiger partial charge < -0.3 is 9.84 Å². The van der Waals surface area contributed by atoms with Crippen molar-refractivity contribution in [3.05, 3.63) is 39.9 Å². The number of aromatic nitrogens is 4. The van der Waals surface area contributed by atoms with Gasteiger partial charge in [0.1, 0.15) is 0 Å². The molecule has 0 unspecified atom stereocenters. The Kier molecular flexibility index (Phi) is 4.40. The highest BCUT2D eigenvalue weighted by atomic mass is 35.5. The van der Waals surface area contributed by atoms with Gasteiger partial charge in [0.05, 0.1) is 27.4 Å². The molecule has 3 aromatic heterocycles. The fraction of sp³-hybridized carbons (Fsp3) is 0.444. The number of rotatable bonds is 6. The summed E-state index contributed by atoms with van der Waals surface area (Å²) in [7, 11) is 0. The normalized spacial score (nSPS) is 14.1. The van der Waals surface area contributed by atoms with Crippen LogP contribution in [0.3, 0.4) is 0 Å². The fourth-order valence-electron chi connectivity index (χ4n) is 3.03. The van der Waals surface area contributed by atoms with Crippen molar-refractivity contribution < 1.29 is 9.32 Å². The molecule has 0 atom stereocenters. The first-order valence-corrected chi connectivity index (χ1v) is 9.15. The van der Waals surface area contributed by atoms with Gasteiger partial charge in [-0.3, -0.25) is 9.48 Å². The van der Waals surface area contributed by atoms with Gasteiger partial charge in [0.15, 0.2) is 0 Å². The maximum absolute atomic E-state index is 12.7. The van der Waals surface area contributed by atoms with E-state index in [-0.39, 0.29) is 5.91 Å². The summed E-state index contributed by atoms with van der Waals surface area (Å²) in [6.07, 6.45) is 4.78. The minimum atomic E-state index is -0.125. The third kappa shape index (κ3) is 3.31. The Hall–Kier alpha value is -2.41. The molecule has 0 aliphatic heterocycles. The quantitative estimate of drug-likeness (QED) is 0.669. The number of carbonyl (C=O) groups is 1. The van der Waals surface area contributed by atoms with E-state index in [1.165, 1.54) is 0 Å². The number of hydrogen-bond acceptors (Lipinski definition) is 5. The van der Waals surface area contributed by atoms with Crippen LogP contribution in [0.25, 0.3) is 11.1 Å². The number of hydrogen-bond donors (Lipinski definition) is 1. The van der Waals surface area contributed by atoms with E-state index in [2.05, 4.69) is 20.6 Å². The van der Waals surface area contributed by atoms with Gasteiger partial charge >= 0.3 is 0 Å². The van der Waals surface area contributed by atoms with Crippen molar-refractivity contribution in [3.63, 3.8) is 0 Å². The summed E-state index contributed by atoms with van der Waals surface area (Å²) in [6.45, 7) is 4.93. The van der Waals surface area contributed by atoms with Crippen LogP contribution in [0.15, 0.2) is 16.8 Å². The van der Waals surface area contributed by atoms with Crippen molar-refractivity contribution in [2.75, 3.05) is 6.54 Å². The molecule has 0 bridgehead atoms. The molecule has 3 aromatic rings. The number of halogens is 1. The predicted octanol–water partition coefficient (Wildman–Crippen LogP) is 3.39. The first kappa shape index (κ1) is 17.0. The van der Waals surface area contributed by atoms with Crippen LogP contribution in [0.1, 0.15) is 52.6 Å². The van der Waals surface area contributed by atoms with E-state index in [9.17, 15) is 4.79 Å². The number of carbonyl (C=O) groups excluding carboxylic acids is 1. The van der Waals surface area contributed by atoms with Crippen LogP contribution >= 0.6 is 11.6 Å². The van der Waals surface area contributed by atoms with E-state index >= 15 is 0 Å². The average Bonchev–Trinajstić information content (AvgIpc) is 3.34. The maximum Gasteiger partial charge on any atom is 0.259 e. The highest BCUT2D eigenvalue weighted by Crippen LogP contribution is 2.40. The van der Waals surface area contributed by atoms with E-state index in [0.29, 0.717) is 46.4 Å². The molecule has 0 radical (unpaired) electrons. The van der Waals surface area contributed by atoms with Gasteiger partial charge in [-0.15, -0.1) is 0 Å². The van der Waals surface area contributed by atoms with Crippen LogP contribution in [-0.4, -0.2) is 32.4 Å². The summed E-state index contributed by atoms with van der Waals surface area (Å²) in [5, 5.41) is 12.6. The summed E-state index contributed by atoms with van der Waals surface area (Å²) >= 11 is 6.00. The Morgan fingerprint density at radius 1 is 1.38 bits per heavy atom. The molecule has 1 saturated carbocycles. The lowest BCUT2D eigenvalue weighted by Crippen LogP contribution is -2.26. The zero-order chi connectivity index (χ0) is 18.3. The molecular formula is C18H20ClN5O2. The maximum atomic E-state index is 12.7. The molecule has 8 heteroatoms. The second kappa shape index (κ2) is 6.72. The number of pyridine rings is 1. The van der Waals surface area contributed by atoms with Gasteiger partial charge in [0, 0.05) is 30.9 Å². The summed E-state index contributed by atoms with van der Waals surface area (Å²) < 4.78 is 7.09. The first-order valence-electron chi connectivity index (χ1n) is 8.77. The van der Waals surface area contributed by atoms with Crippen LogP contribution in [-0.2, 0) is 6.54 Å². The van der Waals surface area contributed by atoms with E-state index in [4.69, 9.17) is 16.1 Å². The lowest BCUT2D eigenvalue weighted by molar-refractivity contribution is 0.0954. The molecule has 3 heterocycles. The number of aryl methyl sites for hydroxylation is 3. The van der Waals surface area contributed by atoms with Gasteiger partial charge in [0.25, 0.3) is 11.6 Å². The third-order valence-corrected chi connectivity index (χ3v) is 4.98. The first-order chi connectivity index (χ1) is 12.5. The van der Waals surface area contributed by atoms with E-state index in [1.807, 2.05) is 19.9 Å². The van der Waals surface area contributed by atoms with E-state index < -0.39 is 0 Å². The Balaban J connectivity index is 1.44. The molecule has 7 nitrogen and oxygen atoms in total. The lowest BCUT2D eigenvalue weighted by atomic mass is 10.1. The lowest BCUT2D eigenvalue weighted by Gasteiger charge is -2.08. The average molecular weight is 374 g/mol. The van der Waals surface area contributed by atoms with Gasteiger partial charge in [-0.2, -0.15) is 5.10 Å². The molecule has 0 aromatic carbocycles. The monoisotopic (exact) mass is 373 g/mol. The van der Waals surface area contributed by atoms with E-state index in [1.54, 1.807) is 10.9 Å². The summed E-state index contributed by atoms with van der Waals surface area (Å²) in [5.41, 5.74) is 3.44. The summed E-state index contributed by atoms with van der Waals surface area (Å²) in [4.78, 5) is 17.2. The van der Waals surface area contributed by atoms with Crippen molar-refractivity contribution in [2.45, 2.75) is 45.6 Å². The molecule has 1 aliphatic carbocycles. The second-order valence-electron chi connectivity index (χ2n) is 6.75. The highest BCUT2D eigenvalue weighted by molar-refractivity contribution is 6.31.